The van der Waals surface area contributed by atoms with E-state index in [0.717, 1.165) is 16.7 Å². The molecule has 0 radical (unpaired) electrons. The zero-order valence-corrected chi connectivity index (χ0v) is 12.0. The van der Waals surface area contributed by atoms with E-state index in [0.29, 0.717) is 12.3 Å². The first-order valence-corrected chi connectivity index (χ1v) is 6.80. The van der Waals surface area contributed by atoms with Crippen LogP contribution < -0.4 is 10.1 Å². The molecule has 1 saturated heterocycles. The molecule has 6 heteroatoms. The van der Waals surface area contributed by atoms with E-state index in [-0.39, 0.29) is 18.6 Å². The fraction of sp³-hybridized carbons (Fsp3) is 0.400. The lowest BCUT2D eigenvalue weighted by Gasteiger charge is -2.14. The average molecular weight is 290 g/mol. The van der Waals surface area contributed by atoms with Crippen molar-refractivity contribution in [2.75, 3.05) is 20.3 Å². The number of aryl methyl sites for hydroxylation is 1. The van der Waals surface area contributed by atoms with Crippen molar-refractivity contribution in [3.63, 3.8) is 0 Å². The van der Waals surface area contributed by atoms with E-state index >= 15 is 0 Å². The number of methoxy groups -OCH3 is 1. The van der Waals surface area contributed by atoms with E-state index in [1.807, 2.05) is 35.9 Å². The van der Waals surface area contributed by atoms with Crippen molar-refractivity contribution in [2.24, 2.45) is 7.05 Å². The van der Waals surface area contributed by atoms with E-state index in [9.17, 15) is 9.90 Å². The van der Waals surface area contributed by atoms with Crippen LogP contribution in [0.3, 0.4) is 0 Å². The second-order valence-corrected chi connectivity index (χ2v) is 5.20. The Balaban J connectivity index is 1.89. The predicted molar refractivity (Wildman–Crippen MR) is 77.6 cm³/mol. The van der Waals surface area contributed by atoms with Gasteiger partial charge in [-0.1, -0.05) is 0 Å². The Morgan fingerprint density at radius 3 is 2.90 bits per heavy atom. The third-order valence-electron chi connectivity index (χ3n) is 3.85. The van der Waals surface area contributed by atoms with Gasteiger partial charge in [0.1, 0.15) is 11.4 Å². The van der Waals surface area contributed by atoms with Gasteiger partial charge in [0.2, 0.25) is 0 Å². The second-order valence-electron chi connectivity index (χ2n) is 5.20. The van der Waals surface area contributed by atoms with Crippen LogP contribution in [0.15, 0.2) is 24.3 Å². The molecule has 1 fully saturated rings. The van der Waals surface area contributed by atoms with Gasteiger partial charge in [-0.2, -0.15) is 0 Å². The first-order valence-electron chi connectivity index (χ1n) is 6.80. The predicted octanol–water partition coefficient (Wildman–Crippen LogP) is 0.676. The number of carbonyl (C=O) groups is 1. The van der Waals surface area contributed by atoms with Gasteiger partial charge in [0.25, 0.3) is 5.91 Å². The van der Waals surface area contributed by atoms with Crippen LogP contribution in [-0.4, -0.2) is 48.1 Å². The van der Waals surface area contributed by atoms with Gasteiger partial charge >= 0.3 is 0 Å². The van der Waals surface area contributed by atoms with Crippen molar-refractivity contribution in [1.29, 1.82) is 0 Å². The number of aliphatic hydroxyl groups excluding tert-OH is 1. The van der Waals surface area contributed by atoms with Crippen LogP contribution in [0.25, 0.3) is 10.9 Å². The molecule has 1 aliphatic heterocycles. The summed E-state index contributed by atoms with van der Waals surface area (Å²) in [5, 5.41) is 13.5. The summed E-state index contributed by atoms with van der Waals surface area (Å²) in [4.78, 5) is 12.4. The van der Waals surface area contributed by atoms with Crippen molar-refractivity contribution in [1.82, 2.24) is 9.88 Å². The first kappa shape index (κ1) is 13.9. The molecule has 3 rings (SSSR count). The van der Waals surface area contributed by atoms with Crippen molar-refractivity contribution in [3.05, 3.63) is 30.0 Å². The van der Waals surface area contributed by atoms with Crippen LogP contribution in [0.4, 0.5) is 0 Å². The van der Waals surface area contributed by atoms with Crippen molar-refractivity contribution in [2.45, 2.75) is 12.1 Å². The zero-order chi connectivity index (χ0) is 15.0. The lowest BCUT2D eigenvalue weighted by atomic mass is 10.2. The highest BCUT2D eigenvalue weighted by Crippen LogP contribution is 2.24. The summed E-state index contributed by atoms with van der Waals surface area (Å²) in [5.74, 6) is 0.525. The number of ether oxygens (including phenoxy) is 2. The molecular formula is C15H18N2O4. The minimum Gasteiger partial charge on any atom is -0.497 e. The summed E-state index contributed by atoms with van der Waals surface area (Å²) in [6, 6.07) is 7.13. The van der Waals surface area contributed by atoms with Gasteiger partial charge in [-0.15, -0.1) is 0 Å². The van der Waals surface area contributed by atoms with Crippen LogP contribution in [0, 0.1) is 0 Å². The molecule has 6 nitrogen and oxygen atoms in total. The number of rotatable bonds is 3. The summed E-state index contributed by atoms with van der Waals surface area (Å²) in [6.07, 6.45) is -0.649. The molecule has 0 unspecified atom stereocenters. The number of hydrogen-bond donors (Lipinski definition) is 2. The topological polar surface area (TPSA) is 72.7 Å². The molecule has 0 bridgehead atoms. The highest BCUT2D eigenvalue weighted by atomic mass is 16.5. The third-order valence-corrected chi connectivity index (χ3v) is 3.85. The Kier molecular flexibility index (Phi) is 3.57. The van der Waals surface area contributed by atoms with E-state index in [4.69, 9.17) is 9.47 Å². The van der Waals surface area contributed by atoms with Gasteiger partial charge in [-0.3, -0.25) is 4.79 Å². The standard InChI is InChI=1S/C15H18N2O4/c1-17-12-6-10(20-2)4-3-9(12)5-13(17)15(19)16-11-7-21-8-14(11)18/h3-6,11,14,18H,7-8H2,1-2H3,(H,16,19)/t11-,14-/m0/s1. The summed E-state index contributed by atoms with van der Waals surface area (Å²) in [7, 11) is 3.44. The fourth-order valence-corrected chi connectivity index (χ4v) is 2.58. The number of aliphatic hydroxyl groups is 1. The van der Waals surface area contributed by atoms with Gasteiger partial charge in [-0.25, -0.2) is 0 Å². The number of benzene rings is 1. The molecule has 0 saturated carbocycles. The number of aromatic nitrogens is 1. The molecule has 2 aromatic rings. The third kappa shape index (κ3) is 2.48. The monoisotopic (exact) mass is 290 g/mol. The smallest absolute Gasteiger partial charge is 0.268 e. The minimum absolute atomic E-state index is 0.220. The Hall–Kier alpha value is -2.05. The normalized spacial score (nSPS) is 21.7. The highest BCUT2D eigenvalue weighted by Gasteiger charge is 2.28. The Morgan fingerprint density at radius 1 is 1.43 bits per heavy atom. The average Bonchev–Trinajstić information content (AvgIpc) is 3.03. The molecule has 1 aliphatic rings. The van der Waals surface area contributed by atoms with Crippen molar-refractivity contribution in [3.8, 4) is 5.75 Å². The maximum atomic E-state index is 12.4. The Morgan fingerprint density at radius 2 is 2.24 bits per heavy atom. The SMILES string of the molecule is COc1ccc2cc(C(=O)N[C@H]3COC[C@@H]3O)n(C)c2c1. The van der Waals surface area contributed by atoms with Gasteiger partial charge in [0, 0.05) is 18.5 Å². The zero-order valence-electron chi connectivity index (χ0n) is 12.0. The number of carbonyl (C=O) groups excluding carboxylic acids is 1. The van der Waals surface area contributed by atoms with Crippen LogP contribution in [-0.2, 0) is 11.8 Å². The van der Waals surface area contributed by atoms with Gasteiger partial charge in [0.15, 0.2) is 0 Å². The molecule has 21 heavy (non-hydrogen) atoms. The molecule has 2 N–H and O–H groups in total. The number of fused-ring (bicyclic) bond motifs is 1. The Bertz CT molecular complexity index is 680. The minimum atomic E-state index is -0.649. The summed E-state index contributed by atoms with van der Waals surface area (Å²) in [6.45, 7) is 0.599. The fourth-order valence-electron chi connectivity index (χ4n) is 2.58. The Labute approximate surface area is 122 Å². The van der Waals surface area contributed by atoms with E-state index in [1.165, 1.54) is 0 Å². The van der Waals surface area contributed by atoms with Gasteiger partial charge < -0.3 is 24.5 Å². The van der Waals surface area contributed by atoms with Crippen LogP contribution in [0.5, 0.6) is 5.75 Å². The first-order chi connectivity index (χ1) is 10.1. The van der Waals surface area contributed by atoms with Crippen LogP contribution in [0.1, 0.15) is 10.5 Å². The number of hydrogen-bond acceptors (Lipinski definition) is 4. The van der Waals surface area contributed by atoms with Crippen LogP contribution in [0.2, 0.25) is 0 Å². The maximum absolute atomic E-state index is 12.4. The molecule has 1 aromatic heterocycles. The summed E-state index contributed by atoms with van der Waals surface area (Å²) in [5.41, 5.74) is 1.46. The number of nitrogens with one attached hydrogen (secondary N) is 1. The molecule has 0 aliphatic carbocycles. The van der Waals surface area contributed by atoms with Crippen molar-refractivity contribution < 1.29 is 19.4 Å². The largest absolute Gasteiger partial charge is 0.497 e. The van der Waals surface area contributed by atoms with Gasteiger partial charge in [-0.05, 0) is 18.2 Å². The summed E-state index contributed by atoms with van der Waals surface area (Å²) >= 11 is 0. The summed E-state index contributed by atoms with van der Waals surface area (Å²) < 4.78 is 12.2. The number of nitrogens with zero attached hydrogens (tertiary/aromatic N) is 1. The molecule has 1 aromatic carbocycles. The molecule has 1 amide bonds. The number of amides is 1. The quantitative estimate of drug-likeness (QED) is 0.872. The maximum Gasteiger partial charge on any atom is 0.268 e. The molecule has 2 atom stereocenters. The van der Waals surface area contributed by atoms with Crippen molar-refractivity contribution >= 4 is 16.8 Å². The molecule has 2 heterocycles. The molecule has 0 spiro atoms. The lowest BCUT2D eigenvalue weighted by molar-refractivity contribution is 0.0879. The van der Waals surface area contributed by atoms with Gasteiger partial charge in [0.05, 0.1) is 38.0 Å². The molecule has 112 valence electrons. The van der Waals surface area contributed by atoms with Crippen LogP contribution >= 0.6 is 0 Å². The van der Waals surface area contributed by atoms with E-state index in [1.54, 1.807) is 7.11 Å². The molecular weight excluding hydrogens is 272 g/mol. The van der Waals surface area contributed by atoms with E-state index < -0.39 is 6.10 Å². The lowest BCUT2D eigenvalue weighted by Crippen LogP contribution is -2.43. The second kappa shape index (κ2) is 5.38. The van der Waals surface area contributed by atoms with E-state index in [2.05, 4.69) is 5.32 Å². The highest BCUT2D eigenvalue weighted by molar-refractivity contribution is 5.99.